The van der Waals surface area contributed by atoms with Crippen molar-refractivity contribution in [3.63, 3.8) is 0 Å². The van der Waals surface area contributed by atoms with Gasteiger partial charge in [-0.1, -0.05) is 12.1 Å². The summed E-state index contributed by atoms with van der Waals surface area (Å²) in [6.45, 7) is 0.740. The summed E-state index contributed by atoms with van der Waals surface area (Å²) < 4.78 is 0. The SMILES string of the molecule is NCCCCC(NC(=O)C(N)CCC(N)=O)C(=O)NC(CCCCN)C(=O)NC(Cc1ccc(O)cc1)C(=O)O. The topological polar surface area (TPSA) is 266 Å². The Labute approximate surface area is 233 Å². The first-order chi connectivity index (χ1) is 19.0. The molecule has 0 saturated carbocycles. The summed E-state index contributed by atoms with van der Waals surface area (Å²) in [5.41, 5.74) is 22.6. The van der Waals surface area contributed by atoms with E-state index in [0.29, 0.717) is 44.3 Å². The summed E-state index contributed by atoms with van der Waals surface area (Å²) in [6, 6.07) is 1.39. The lowest BCUT2D eigenvalue weighted by Gasteiger charge is -2.25. The molecule has 14 nitrogen and oxygen atoms in total. The summed E-state index contributed by atoms with van der Waals surface area (Å²) >= 11 is 0. The van der Waals surface area contributed by atoms with E-state index in [-0.39, 0.29) is 37.9 Å². The van der Waals surface area contributed by atoms with Crippen molar-refractivity contribution in [2.45, 2.75) is 82.0 Å². The molecule has 224 valence electrons. The fourth-order valence-electron chi connectivity index (χ4n) is 3.84. The Bertz CT molecular complexity index is 975. The number of carbonyl (C=O) groups is 5. The van der Waals surface area contributed by atoms with Gasteiger partial charge in [0.25, 0.3) is 0 Å². The number of amides is 4. The average molecular weight is 566 g/mol. The number of carbonyl (C=O) groups excluding carboxylic acids is 4. The normalized spacial score (nSPS) is 13.9. The number of nitrogens with one attached hydrogen (secondary N) is 3. The highest BCUT2D eigenvalue weighted by atomic mass is 16.4. The second-order valence-electron chi connectivity index (χ2n) is 9.57. The van der Waals surface area contributed by atoms with Gasteiger partial charge in [-0.2, -0.15) is 0 Å². The first kappa shape index (κ1) is 34.3. The van der Waals surface area contributed by atoms with Crippen molar-refractivity contribution in [3.05, 3.63) is 29.8 Å². The number of carboxylic acids is 1. The maximum atomic E-state index is 13.2. The number of phenols is 1. The minimum atomic E-state index is -1.30. The van der Waals surface area contributed by atoms with Crippen LogP contribution in [0, 0.1) is 0 Å². The van der Waals surface area contributed by atoms with Gasteiger partial charge in [-0.05, 0) is 75.7 Å². The quantitative estimate of drug-likeness (QED) is 0.0810. The summed E-state index contributed by atoms with van der Waals surface area (Å²) in [6.07, 6.45) is 2.39. The van der Waals surface area contributed by atoms with Crippen LogP contribution in [0.1, 0.15) is 56.9 Å². The molecule has 0 fully saturated rings. The molecule has 4 amide bonds. The number of primary amides is 1. The Kier molecular flexibility index (Phi) is 15.9. The second-order valence-corrected chi connectivity index (χ2v) is 9.57. The Morgan fingerprint density at radius 3 is 1.65 bits per heavy atom. The van der Waals surface area contributed by atoms with Gasteiger partial charge >= 0.3 is 5.97 Å². The highest BCUT2D eigenvalue weighted by Crippen LogP contribution is 2.12. The number of aliphatic carboxylic acids is 1. The number of nitrogens with two attached hydrogens (primary N) is 4. The first-order valence-electron chi connectivity index (χ1n) is 13.3. The van der Waals surface area contributed by atoms with Gasteiger partial charge < -0.3 is 49.1 Å². The molecule has 4 atom stereocenters. The third-order valence-corrected chi connectivity index (χ3v) is 6.19. The lowest BCUT2D eigenvalue weighted by molar-refractivity contribution is -0.142. The summed E-state index contributed by atoms with van der Waals surface area (Å²) in [5, 5.41) is 26.8. The van der Waals surface area contributed by atoms with Crippen molar-refractivity contribution in [1.29, 1.82) is 0 Å². The lowest BCUT2D eigenvalue weighted by Crippen LogP contribution is -2.57. The van der Waals surface area contributed by atoms with Gasteiger partial charge in [-0.15, -0.1) is 0 Å². The van der Waals surface area contributed by atoms with E-state index in [9.17, 15) is 34.2 Å². The number of hydrogen-bond acceptors (Lipinski definition) is 9. The number of aromatic hydroxyl groups is 1. The zero-order valence-electron chi connectivity index (χ0n) is 22.6. The third kappa shape index (κ3) is 13.4. The molecule has 0 aliphatic heterocycles. The number of phenolic OH excluding ortho intramolecular Hbond substituents is 1. The Morgan fingerprint density at radius 2 is 1.20 bits per heavy atom. The molecule has 0 heterocycles. The van der Waals surface area contributed by atoms with Crippen molar-refractivity contribution in [2.75, 3.05) is 13.1 Å². The van der Waals surface area contributed by atoms with E-state index in [0.717, 1.165) is 0 Å². The smallest absolute Gasteiger partial charge is 0.326 e. The van der Waals surface area contributed by atoms with Crippen LogP contribution >= 0.6 is 0 Å². The molecule has 0 spiro atoms. The van der Waals surface area contributed by atoms with Crippen LogP contribution in [0.2, 0.25) is 0 Å². The minimum absolute atomic E-state index is 0.0000332. The Balaban J connectivity index is 3.01. The predicted molar refractivity (Wildman–Crippen MR) is 147 cm³/mol. The van der Waals surface area contributed by atoms with E-state index in [2.05, 4.69) is 16.0 Å². The largest absolute Gasteiger partial charge is 0.508 e. The minimum Gasteiger partial charge on any atom is -0.508 e. The van der Waals surface area contributed by atoms with E-state index in [4.69, 9.17) is 22.9 Å². The van der Waals surface area contributed by atoms with Crippen molar-refractivity contribution < 1.29 is 34.2 Å². The molecule has 1 aromatic carbocycles. The zero-order chi connectivity index (χ0) is 30.1. The molecule has 0 bridgehead atoms. The predicted octanol–water partition coefficient (Wildman–Crippen LogP) is -1.68. The molecular formula is C26H43N7O7. The number of benzene rings is 1. The van der Waals surface area contributed by atoms with Crippen LogP contribution in [0.3, 0.4) is 0 Å². The summed E-state index contributed by atoms with van der Waals surface area (Å²) in [7, 11) is 0. The Morgan fingerprint density at radius 1 is 0.725 bits per heavy atom. The first-order valence-corrected chi connectivity index (χ1v) is 13.3. The number of rotatable bonds is 20. The van der Waals surface area contributed by atoms with Crippen LogP contribution < -0.4 is 38.9 Å². The summed E-state index contributed by atoms with van der Waals surface area (Å²) in [5.74, 6) is -3.88. The lowest BCUT2D eigenvalue weighted by atomic mass is 10.0. The van der Waals surface area contributed by atoms with Gasteiger partial charge in [0.2, 0.25) is 23.6 Å². The van der Waals surface area contributed by atoms with Crippen LogP contribution in [0.4, 0.5) is 0 Å². The van der Waals surface area contributed by atoms with Crippen LogP contribution in [-0.4, -0.2) is 77.1 Å². The van der Waals surface area contributed by atoms with E-state index in [1.807, 2.05) is 0 Å². The highest BCUT2D eigenvalue weighted by molar-refractivity contribution is 5.94. The van der Waals surface area contributed by atoms with Gasteiger partial charge in [-0.25, -0.2) is 4.79 Å². The molecule has 1 aromatic rings. The van der Waals surface area contributed by atoms with E-state index < -0.39 is 53.8 Å². The molecule has 0 aliphatic rings. The second kappa shape index (κ2) is 18.5. The van der Waals surface area contributed by atoms with Crippen LogP contribution in [0.25, 0.3) is 0 Å². The molecule has 1 rings (SSSR count). The molecule has 0 aromatic heterocycles. The molecule has 0 radical (unpaired) electrons. The standard InChI is InChI=1S/C26H43N7O7/c27-13-3-1-5-19(31-23(36)18(29)11-12-22(30)35)24(37)32-20(6-2-4-14-28)25(38)33-21(26(39)40)15-16-7-9-17(34)10-8-16/h7-10,18-21,34H,1-6,11-15,27-29H2,(H2,30,35)(H,31,36)(H,32,37)(H,33,38)(H,39,40). The molecule has 13 N–H and O–H groups in total. The maximum absolute atomic E-state index is 13.2. The molecule has 0 saturated heterocycles. The Hall–Kier alpha value is -3.75. The van der Waals surface area contributed by atoms with Gasteiger partial charge in [-0.3, -0.25) is 19.2 Å². The van der Waals surface area contributed by atoms with Crippen molar-refractivity contribution in [3.8, 4) is 5.75 Å². The van der Waals surface area contributed by atoms with Crippen molar-refractivity contribution in [1.82, 2.24) is 16.0 Å². The zero-order valence-corrected chi connectivity index (χ0v) is 22.6. The van der Waals surface area contributed by atoms with Gasteiger partial charge in [0.1, 0.15) is 23.9 Å². The van der Waals surface area contributed by atoms with Crippen molar-refractivity contribution in [2.24, 2.45) is 22.9 Å². The van der Waals surface area contributed by atoms with Crippen LogP contribution in [-0.2, 0) is 30.4 Å². The van der Waals surface area contributed by atoms with Gasteiger partial charge in [0.05, 0.1) is 6.04 Å². The van der Waals surface area contributed by atoms with Crippen LogP contribution in [0.15, 0.2) is 24.3 Å². The average Bonchev–Trinajstić information content (AvgIpc) is 2.91. The molecular weight excluding hydrogens is 522 g/mol. The fraction of sp³-hybridized carbons (Fsp3) is 0.577. The maximum Gasteiger partial charge on any atom is 0.326 e. The highest BCUT2D eigenvalue weighted by Gasteiger charge is 2.30. The molecule has 4 unspecified atom stereocenters. The fourth-order valence-corrected chi connectivity index (χ4v) is 3.84. The third-order valence-electron chi connectivity index (χ3n) is 6.19. The van der Waals surface area contributed by atoms with Crippen LogP contribution in [0.5, 0.6) is 5.75 Å². The van der Waals surface area contributed by atoms with Crippen molar-refractivity contribution >= 4 is 29.6 Å². The summed E-state index contributed by atoms with van der Waals surface area (Å²) in [4.78, 5) is 61.9. The van der Waals surface area contributed by atoms with Gasteiger partial charge in [0.15, 0.2) is 0 Å². The molecule has 0 aliphatic carbocycles. The number of carboxylic acid groups (broad SMARTS) is 1. The molecule has 40 heavy (non-hydrogen) atoms. The van der Waals surface area contributed by atoms with E-state index in [1.54, 1.807) is 12.1 Å². The van der Waals surface area contributed by atoms with E-state index in [1.165, 1.54) is 12.1 Å². The van der Waals surface area contributed by atoms with Gasteiger partial charge in [0, 0.05) is 12.8 Å². The number of hydrogen-bond donors (Lipinski definition) is 9. The molecule has 14 heteroatoms. The van der Waals surface area contributed by atoms with E-state index >= 15 is 0 Å². The monoisotopic (exact) mass is 565 g/mol. The number of unbranched alkanes of at least 4 members (excludes halogenated alkanes) is 2.